The van der Waals surface area contributed by atoms with Crippen LogP contribution in [0.5, 0.6) is 17.2 Å². The number of aryl methyl sites for hydroxylation is 1. The Labute approximate surface area is 110 Å². The Morgan fingerprint density at radius 1 is 1.26 bits per heavy atom. The van der Waals surface area contributed by atoms with Crippen LogP contribution in [0.4, 0.5) is 0 Å². The molecule has 1 heterocycles. The number of carbonyl (C=O) groups is 1. The van der Waals surface area contributed by atoms with Gasteiger partial charge in [0.15, 0.2) is 0 Å². The van der Waals surface area contributed by atoms with E-state index in [1.165, 1.54) is 13.2 Å². The van der Waals surface area contributed by atoms with E-state index in [1.54, 1.807) is 30.6 Å². The van der Waals surface area contributed by atoms with Crippen LogP contribution < -0.4 is 9.47 Å². The largest absolute Gasteiger partial charge is 0.497 e. The van der Waals surface area contributed by atoms with Crippen molar-refractivity contribution in [2.24, 2.45) is 0 Å². The lowest BCUT2D eigenvalue weighted by Crippen LogP contribution is -2.01. The highest BCUT2D eigenvalue weighted by Crippen LogP contribution is 2.30. The molecule has 1 aromatic heterocycles. The zero-order valence-corrected chi connectivity index (χ0v) is 10.6. The summed E-state index contributed by atoms with van der Waals surface area (Å²) in [6.07, 6.45) is 3.24. The summed E-state index contributed by atoms with van der Waals surface area (Å²) in [6.45, 7) is 1.84. The number of rotatable bonds is 4. The fourth-order valence-electron chi connectivity index (χ4n) is 1.59. The van der Waals surface area contributed by atoms with Crippen LogP contribution in [-0.2, 0) is 0 Å². The summed E-state index contributed by atoms with van der Waals surface area (Å²) in [7, 11) is 1.48. The van der Waals surface area contributed by atoms with Gasteiger partial charge >= 0.3 is 5.97 Å². The summed E-state index contributed by atoms with van der Waals surface area (Å²) in [5, 5.41) is 9.19. The molecule has 98 valence electrons. The van der Waals surface area contributed by atoms with Gasteiger partial charge in [0.25, 0.3) is 0 Å². The van der Waals surface area contributed by atoms with Gasteiger partial charge in [0.1, 0.15) is 22.8 Å². The maximum absolute atomic E-state index is 11.2. The highest BCUT2D eigenvalue weighted by atomic mass is 16.5. The average Bonchev–Trinajstić information content (AvgIpc) is 2.41. The smallest absolute Gasteiger partial charge is 0.339 e. The molecule has 0 radical (unpaired) electrons. The first-order chi connectivity index (χ1) is 9.11. The maximum Gasteiger partial charge on any atom is 0.339 e. The molecule has 0 spiro atoms. The zero-order chi connectivity index (χ0) is 13.8. The number of nitrogens with zero attached hydrogens (tertiary/aromatic N) is 1. The van der Waals surface area contributed by atoms with Crippen LogP contribution in [0.25, 0.3) is 0 Å². The molecule has 5 heteroatoms. The molecular weight excluding hydrogens is 246 g/mol. The number of carboxylic acids is 1. The van der Waals surface area contributed by atoms with Crippen molar-refractivity contribution >= 4 is 5.97 Å². The van der Waals surface area contributed by atoms with E-state index in [1.807, 2.05) is 6.92 Å². The normalized spacial score (nSPS) is 10.0. The molecular formula is C14H13NO4. The van der Waals surface area contributed by atoms with Gasteiger partial charge in [-0.05, 0) is 31.2 Å². The molecule has 0 aliphatic rings. The molecule has 5 nitrogen and oxygen atoms in total. The second-order valence-corrected chi connectivity index (χ2v) is 3.91. The van der Waals surface area contributed by atoms with Crippen molar-refractivity contribution in [2.75, 3.05) is 7.11 Å². The van der Waals surface area contributed by atoms with Gasteiger partial charge in [-0.15, -0.1) is 0 Å². The third-order valence-electron chi connectivity index (χ3n) is 2.61. The predicted octanol–water partition coefficient (Wildman–Crippen LogP) is 2.89. The number of methoxy groups -OCH3 is 1. The average molecular weight is 259 g/mol. The summed E-state index contributed by atoms with van der Waals surface area (Å²) >= 11 is 0. The Kier molecular flexibility index (Phi) is 3.66. The summed E-state index contributed by atoms with van der Waals surface area (Å²) in [5.41, 5.74) is 0.880. The van der Waals surface area contributed by atoms with Gasteiger partial charge in [-0.3, -0.25) is 4.98 Å². The highest BCUT2D eigenvalue weighted by Gasteiger charge is 2.14. The van der Waals surface area contributed by atoms with E-state index in [4.69, 9.17) is 9.47 Å². The summed E-state index contributed by atoms with van der Waals surface area (Å²) < 4.78 is 10.6. The lowest BCUT2D eigenvalue weighted by Gasteiger charge is -2.11. The molecule has 0 bridgehead atoms. The molecule has 2 aromatic rings. The number of ether oxygens (including phenoxy) is 2. The van der Waals surface area contributed by atoms with E-state index in [9.17, 15) is 9.90 Å². The molecule has 2 rings (SSSR count). The topological polar surface area (TPSA) is 68.7 Å². The Morgan fingerprint density at radius 2 is 2.05 bits per heavy atom. The number of hydrogen-bond donors (Lipinski definition) is 1. The first-order valence-corrected chi connectivity index (χ1v) is 5.61. The summed E-state index contributed by atoms with van der Waals surface area (Å²) in [5.74, 6) is 0.238. The maximum atomic E-state index is 11.2. The SMILES string of the molecule is COc1ccc(Oc2ccncc2C)c(C(=O)O)c1. The molecule has 1 N–H and O–H groups in total. The molecule has 0 aliphatic carbocycles. The Morgan fingerprint density at radius 3 is 2.68 bits per heavy atom. The quantitative estimate of drug-likeness (QED) is 0.914. The van der Waals surface area contributed by atoms with Gasteiger partial charge in [0, 0.05) is 18.0 Å². The first kappa shape index (κ1) is 12.9. The molecule has 1 aromatic carbocycles. The van der Waals surface area contributed by atoms with Crippen molar-refractivity contribution in [3.8, 4) is 17.2 Å². The number of aromatic nitrogens is 1. The first-order valence-electron chi connectivity index (χ1n) is 5.61. The Bertz CT molecular complexity index is 610. The van der Waals surface area contributed by atoms with Gasteiger partial charge in [-0.25, -0.2) is 4.79 Å². The number of benzene rings is 1. The molecule has 0 aliphatic heterocycles. The van der Waals surface area contributed by atoms with Crippen LogP contribution in [0.2, 0.25) is 0 Å². The predicted molar refractivity (Wildman–Crippen MR) is 69.0 cm³/mol. The molecule has 0 unspecified atom stereocenters. The number of carboxylic acid groups (broad SMARTS) is 1. The second kappa shape index (κ2) is 5.39. The van der Waals surface area contributed by atoms with Gasteiger partial charge in [-0.2, -0.15) is 0 Å². The van der Waals surface area contributed by atoms with Crippen molar-refractivity contribution in [1.29, 1.82) is 0 Å². The highest BCUT2D eigenvalue weighted by molar-refractivity contribution is 5.91. The van der Waals surface area contributed by atoms with Gasteiger partial charge < -0.3 is 14.6 Å². The molecule has 0 saturated carbocycles. The van der Waals surface area contributed by atoms with Crippen molar-refractivity contribution in [1.82, 2.24) is 4.98 Å². The molecule has 0 saturated heterocycles. The number of hydrogen-bond acceptors (Lipinski definition) is 4. The van der Waals surface area contributed by atoms with E-state index >= 15 is 0 Å². The van der Waals surface area contributed by atoms with Crippen molar-refractivity contribution in [2.45, 2.75) is 6.92 Å². The van der Waals surface area contributed by atoms with Crippen LogP contribution in [-0.4, -0.2) is 23.2 Å². The second-order valence-electron chi connectivity index (χ2n) is 3.91. The van der Waals surface area contributed by atoms with Crippen LogP contribution in [0.15, 0.2) is 36.7 Å². The number of pyridine rings is 1. The fraction of sp³-hybridized carbons (Fsp3) is 0.143. The minimum atomic E-state index is -1.07. The lowest BCUT2D eigenvalue weighted by molar-refractivity contribution is 0.0693. The van der Waals surface area contributed by atoms with E-state index in [0.29, 0.717) is 11.5 Å². The van der Waals surface area contributed by atoms with E-state index in [0.717, 1.165) is 5.56 Å². The molecule has 0 atom stereocenters. The third-order valence-corrected chi connectivity index (χ3v) is 2.61. The molecule has 0 fully saturated rings. The van der Waals surface area contributed by atoms with E-state index in [2.05, 4.69) is 4.98 Å². The lowest BCUT2D eigenvalue weighted by atomic mass is 10.2. The van der Waals surface area contributed by atoms with Crippen LogP contribution in [0, 0.1) is 6.92 Å². The zero-order valence-electron chi connectivity index (χ0n) is 10.6. The third kappa shape index (κ3) is 2.82. The van der Waals surface area contributed by atoms with Gasteiger partial charge in [0.05, 0.1) is 7.11 Å². The summed E-state index contributed by atoms with van der Waals surface area (Å²) in [6, 6.07) is 6.33. The minimum Gasteiger partial charge on any atom is -0.497 e. The van der Waals surface area contributed by atoms with E-state index < -0.39 is 5.97 Å². The van der Waals surface area contributed by atoms with Crippen LogP contribution in [0.1, 0.15) is 15.9 Å². The summed E-state index contributed by atoms with van der Waals surface area (Å²) in [4.78, 5) is 15.2. The standard InChI is InChI=1S/C14H13NO4/c1-9-8-15-6-5-12(9)19-13-4-3-10(18-2)7-11(13)14(16)17/h3-8H,1-2H3,(H,16,17). The van der Waals surface area contributed by atoms with Crippen LogP contribution in [0.3, 0.4) is 0 Å². The molecule has 0 amide bonds. The minimum absolute atomic E-state index is 0.0514. The van der Waals surface area contributed by atoms with Crippen LogP contribution >= 0.6 is 0 Å². The number of aromatic carboxylic acids is 1. The fourth-order valence-corrected chi connectivity index (χ4v) is 1.59. The monoisotopic (exact) mass is 259 g/mol. The van der Waals surface area contributed by atoms with E-state index in [-0.39, 0.29) is 11.3 Å². The van der Waals surface area contributed by atoms with Crippen molar-refractivity contribution < 1.29 is 19.4 Å². The van der Waals surface area contributed by atoms with Crippen molar-refractivity contribution in [3.05, 3.63) is 47.8 Å². The Balaban J connectivity index is 2.40. The van der Waals surface area contributed by atoms with Gasteiger partial charge in [-0.1, -0.05) is 0 Å². The molecule has 19 heavy (non-hydrogen) atoms. The Hall–Kier alpha value is -2.56. The van der Waals surface area contributed by atoms with Crippen molar-refractivity contribution in [3.63, 3.8) is 0 Å². The van der Waals surface area contributed by atoms with Gasteiger partial charge in [0.2, 0.25) is 0 Å².